The second-order valence-electron chi connectivity index (χ2n) is 8.94. The lowest BCUT2D eigenvalue weighted by Gasteiger charge is -2.24. The normalized spacial score (nSPS) is 14.8. The summed E-state index contributed by atoms with van der Waals surface area (Å²) in [6, 6.07) is 0. The van der Waals surface area contributed by atoms with Gasteiger partial charge in [0.1, 0.15) is 0 Å². The molecule has 0 aromatic heterocycles. The average Bonchev–Trinajstić information content (AvgIpc) is 2.61. The van der Waals surface area contributed by atoms with Crippen LogP contribution in [-0.4, -0.2) is 0 Å². The van der Waals surface area contributed by atoms with E-state index < -0.39 is 0 Å². The minimum absolute atomic E-state index is 0.589. The maximum atomic E-state index is 4.16. The quantitative estimate of drug-likeness (QED) is 0.152. The SMILES string of the molecule is C=C(C)CC(C=CC(=C=CCC)C(C)C(CCC)CCCC)CCC(C)C. The van der Waals surface area contributed by atoms with Crippen LogP contribution >= 0.6 is 0 Å². The van der Waals surface area contributed by atoms with Crippen molar-refractivity contribution in [3.8, 4) is 0 Å². The van der Waals surface area contributed by atoms with Crippen LogP contribution in [0.3, 0.4) is 0 Å². The molecule has 27 heavy (non-hydrogen) atoms. The summed E-state index contributed by atoms with van der Waals surface area (Å²) in [5.41, 5.74) is 6.34. The van der Waals surface area contributed by atoms with Gasteiger partial charge in [-0.15, -0.1) is 12.3 Å². The van der Waals surface area contributed by atoms with E-state index in [0.29, 0.717) is 11.8 Å². The summed E-state index contributed by atoms with van der Waals surface area (Å²) in [5.74, 6) is 2.74. The number of hydrogen-bond donors (Lipinski definition) is 0. The summed E-state index contributed by atoms with van der Waals surface area (Å²) in [6.07, 6.45) is 18.4. The van der Waals surface area contributed by atoms with Crippen LogP contribution in [0.25, 0.3) is 0 Å². The minimum Gasteiger partial charge on any atom is -0.121 e. The molecule has 0 aliphatic rings. The molecule has 0 nitrogen and oxygen atoms in total. The van der Waals surface area contributed by atoms with E-state index in [0.717, 1.165) is 24.7 Å². The summed E-state index contributed by atoms with van der Waals surface area (Å²) in [5, 5.41) is 0. The van der Waals surface area contributed by atoms with Gasteiger partial charge in [0.2, 0.25) is 0 Å². The monoisotopic (exact) mass is 372 g/mol. The molecule has 0 bridgehead atoms. The Morgan fingerprint density at radius 1 is 0.963 bits per heavy atom. The zero-order valence-electron chi connectivity index (χ0n) is 19.6. The third-order valence-electron chi connectivity index (χ3n) is 5.53. The van der Waals surface area contributed by atoms with Crippen LogP contribution in [0.2, 0.25) is 0 Å². The molecule has 156 valence electrons. The second-order valence-corrected chi connectivity index (χ2v) is 8.94. The van der Waals surface area contributed by atoms with E-state index in [4.69, 9.17) is 0 Å². The highest BCUT2D eigenvalue weighted by Gasteiger charge is 2.19. The summed E-state index contributed by atoms with van der Waals surface area (Å²) in [4.78, 5) is 0. The lowest BCUT2D eigenvalue weighted by atomic mass is 9.80. The Hall–Kier alpha value is -1.00. The fraction of sp³-hybridized carbons (Fsp3) is 0.741. The van der Waals surface area contributed by atoms with Gasteiger partial charge in [0.25, 0.3) is 0 Å². The van der Waals surface area contributed by atoms with Crippen LogP contribution in [0.1, 0.15) is 106 Å². The summed E-state index contributed by atoms with van der Waals surface area (Å²) in [6.45, 7) is 20.2. The lowest BCUT2D eigenvalue weighted by molar-refractivity contribution is 0.343. The average molecular weight is 373 g/mol. The fourth-order valence-electron chi connectivity index (χ4n) is 3.79. The molecule has 0 saturated heterocycles. The van der Waals surface area contributed by atoms with Crippen molar-refractivity contribution < 1.29 is 0 Å². The standard InChI is InChI=1S/C27H48/c1-9-12-15-26(14-11-3)24(8)27(16-13-10-2)20-19-25(21-23(6)7)18-17-22(4)5/h13,19-20,22,24-26H,6,9-12,14-15,17-18,21H2,1-5,7-8H3. The highest BCUT2D eigenvalue weighted by molar-refractivity contribution is 5.22. The predicted molar refractivity (Wildman–Crippen MR) is 125 cm³/mol. The van der Waals surface area contributed by atoms with Crippen molar-refractivity contribution in [2.45, 2.75) is 106 Å². The molecule has 0 heterocycles. The van der Waals surface area contributed by atoms with Gasteiger partial charge in [-0.1, -0.05) is 91.4 Å². The van der Waals surface area contributed by atoms with E-state index in [9.17, 15) is 0 Å². The first-order chi connectivity index (χ1) is 12.8. The highest BCUT2D eigenvalue weighted by atomic mass is 14.2. The van der Waals surface area contributed by atoms with Crippen molar-refractivity contribution in [1.82, 2.24) is 0 Å². The Balaban J connectivity index is 5.41. The van der Waals surface area contributed by atoms with Gasteiger partial charge in [-0.2, -0.15) is 0 Å². The molecule has 0 aromatic rings. The van der Waals surface area contributed by atoms with Crippen LogP contribution in [0.15, 0.2) is 41.7 Å². The van der Waals surface area contributed by atoms with Crippen molar-refractivity contribution in [1.29, 1.82) is 0 Å². The number of allylic oxidation sites excluding steroid dienone is 4. The zero-order valence-corrected chi connectivity index (χ0v) is 19.6. The molecule has 0 fully saturated rings. The van der Waals surface area contributed by atoms with Gasteiger partial charge >= 0.3 is 0 Å². The molecule has 0 saturated carbocycles. The third-order valence-corrected chi connectivity index (χ3v) is 5.53. The highest BCUT2D eigenvalue weighted by Crippen LogP contribution is 2.30. The molecule has 0 heteroatoms. The van der Waals surface area contributed by atoms with Crippen molar-refractivity contribution in [2.24, 2.45) is 23.7 Å². The Morgan fingerprint density at radius 3 is 2.19 bits per heavy atom. The lowest BCUT2D eigenvalue weighted by Crippen LogP contribution is -2.13. The first-order valence-corrected chi connectivity index (χ1v) is 11.6. The first-order valence-electron chi connectivity index (χ1n) is 11.6. The molecule has 0 radical (unpaired) electrons. The predicted octanol–water partition coefficient (Wildman–Crippen LogP) is 9.30. The van der Waals surface area contributed by atoms with Crippen molar-refractivity contribution in [3.63, 3.8) is 0 Å². The second kappa shape index (κ2) is 16.0. The molecule has 0 aliphatic heterocycles. The van der Waals surface area contributed by atoms with Crippen molar-refractivity contribution in [2.75, 3.05) is 0 Å². The molecule has 0 spiro atoms. The fourth-order valence-corrected chi connectivity index (χ4v) is 3.79. The molecule has 0 aromatic carbocycles. The van der Waals surface area contributed by atoms with Gasteiger partial charge < -0.3 is 0 Å². The zero-order chi connectivity index (χ0) is 20.7. The third kappa shape index (κ3) is 12.9. The molecule has 0 rings (SSSR count). The van der Waals surface area contributed by atoms with Gasteiger partial charge in [0.05, 0.1) is 0 Å². The molecule has 3 unspecified atom stereocenters. The van der Waals surface area contributed by atoms with Gasteiger partial charge in [-0.25, -0.2) is 0 Å². The number of unbranched alkanes of at least 4 members (excludes halogenated alkanes) is 1. The van der Waals surface area contributed by atoms with Crippen LogP contribution in [-0.2, 0) is 0 Å². The molecular formula is C27H48. The van der Waals surface area contributed by atoms with E-state index in [2.05, 4.69) is 79.0 Å². The maximum Gasteiger partial charge on any atom is -0.00358 e. The topological polar surface area (TPSA) is 0 Å². The van der Waals surface area contributed by atoms with Crippen molar-refractivity contribution >= 4 is 0 Å². The first kappa shape index (κ1) is 26.0. The molecule has 0 N–H and O–H groups in total. The number of hydrogen-bond acceptors (Lipinski definition) is 0. The smallest absolute Gasteiger partial charge is 0.00358 e. The van der Waals surface area contributed by atoms with Gasteiger partial charge in [0, 0.05) is 0 Å². The maximum absolute atomic E-state index is 4.16. The Morgan fingerprint density at radius 2 is 1.67 bits per heavy atom. The largest absolute Gasteiger partial charge is 0.121 e. The summed E-state index contributed by atoms with van der Waals surface area (Å²) < 4.78 is 0. The number of rotatable bonds is 15. The van der Waals surface area contributed by atoms with Crippen LogP contribution in [0.5, 0.6) is 0 Å². The Labute approximate surface area is 171 Å². The van der Waals surface area contributed by atoms with Gasteiger partial charge in [-0.3, -0.25) is 0 Å². The van der Waals surface area contributed by atoms with Gasteiger partial charge in [0.15, 0.2) is 0 Å². The molecular weight excluding hydrogens is 324 g/mol. The van der Waals surface area contributed by atoms with Crippen LogP contribution < -0.4 is 0 Å². The van der Waals surface area contributed by atoms with E-state index in [1.54, 1.807) is 0 Å². The Bertz CT molecular complexity index is 470. The Kier molecular flexibility index (Phi) is 15.4. The van der Waals surface area contributed by atoms with Crippen LogP contribution in [0, 0.1) is 23.7 Å². The molecule has 0 aliphatic carbocycles. The molecule has 0 amide bonds. The van der Waals surface area contributed by atoms with Crippen molar-refractivity contribution in [3.05, 3.63) is 41.7 Å². The minimum atomic E-state index is 0.589. The van der Waals surface area contributed by atoms with E-state index in [1.807, 2.05) is 0 Å². The van der Waals surface area contributed by atoms with E-state index >= 15 is 0 Å². The van der Waals surface area contributed by atoms with E-state index in [1.165, 1.54) is 56.1 Å². The van der Waals surface area contributed by atoms with E-state index in [-0.39, 0.29) is 0 Å². The van der Waals surface area contributed by atoms with Crippen LogP contribution in [0.4, 0.5) is 0 Å². The summed E-state index contributed by atoms with van der Waals surface area (Å²) >= 11 is 0. The molecule has 3 atom stereocenters. The van der Waals surface area contributed by atoms with Gasteiger partial charge in [-0.05, 0) is 67.9 Å². The summed E-state index contributed by atoms with van der Waals surface area (Å²) in [7, 11) is 0.